The van der Waals surface area contributed by atoms with Gasteiger partial charge in [-0.25, -0.2) is 0 Å². The van der Waals surface area contributed by atoms with E-state index < -0.39 is 0 Å². The van der Waals surface area contributed by atoms with Crippen molar-refractivity contribution in [3.63, 3.8) is 0 Å². The predicted molar refractivity (Wildman–Crippen MR) is 90.6 cm³/mol. The van der Waals surface area contributed by atoms with E-state index in [1.165, 1.54) is 19.3 Å². The number of nitrogens with zero attached hydrogens (tertiary/aromatic N) is 1. The predicted octanol–water partition coefficient (Wildman–Crippen LogP) is 3.29. The molecule has 1 aromatic carbocycles. The molecule has 1 aromatic rings. The van der Waals surface area contributed by atoms with Crippen LogP contribution in [0.2, 0.25) is 0 Å². The van der Waals surface area contributed by atoms with Crippen LogP contribution in [-0.2, 0) is 4.79 Å². The maximum absolute atomic E-state index is 12.3. The van der Waals surface area contributed by atoms with E-state index in [1.54, 1.807) is 0 Å². The van der Waals surface area contributed by atoms with E-state index in [4.69, 9.17) is 4.74 Å². The molecule has 1 aliphatic heterocycles. The average Bonchev–Trinajstić information content (AvgIpc) is 3.28. The van der Waals surface area contributed by atoms with Gasteiger partial charge in [-0.1, -0.05) is 6.42 Å². The Morgan fingerprint density at radius 2 is 1.91 bits per heavy atom. The highest BCUT2D eigenvalue weighted by Crippen LogP contribution is 2.65. The highest BCUT2D eigenvalue weighted by molar-refractivity contribution is 5.95. The molecule has 1 heterocycles. The smallest absolute Gasteiger partial charge is 0.228 e. The van der Waals surface area contributed by atoms with Gasteiger partial charge in [-0.2, -0.15) is 0 Å². The highest BCUT2D eigenvalue weighted by Gasteiger charge is 2.60. The first-order chi connectivity index (χ1) is 11.1. The zero-order valence-electron chi connectivity index (χ0n) is 13.9. The molecule has 124 valence electrons. The van der Waals surface area contributed by atoms with E-state index >= 15 is 0 Å². The molecule has 1 saturated heterocycles. The van der Waals surface area contributed by atoms with Gasteiger partial charge in [0.1, 0.15) is 11.9 Å². The van der Waals surface area contributed by atoms with Crippen molar-refractivity contribution in [1.82, 2.24) is 4.90 Å². The fourth-order valence-corrected chi connectivity index (χ4v) is 4.04. The third-order valence-electron chi connectivity index (χ3n) is 5.95. The lowest BCUT2D eigenvalue weighted by Crippen LogP contribution is -2.35. The minimum Gasteiger partial charge on any atom is -0.490 e. The molecule has 2 saturated carbocycles. The van der Waals surface area contributed by atoms with Crippen molar-refractivity contribution in [2.75, 3.05) is 25.5 Å². The van der Waals surface area contributed by atoms with Gasteiger partial charge in [0, 0.05) is 24.7 Å². The summed E-state index contributed by atoms with van der Waals surface area (Å²) >= 11 is 0. The Morgan fingerprint density at radius 1 is 1.22 bits per heavy atom. The number of ether oxygens (including phenoxy) is 1. The highest BCUT2D eigenvalue weighted by atomic mass is 16.5. The Kier molecular flexibility index (Phi) is 3.80. The van der Waals surface area contributed by atoms with Gasteiger partial charge >= 0.3 is 0 Å². The largest absolute Gasteiger partial charge is 0.490 e. The first-order valence-electron chi connectivity index (χ1n) is 8.91. The molecule has 2 aliphatic carbocycles. The SMILES string of the molecule is CN1CCC(Oc2ccc(NC(=O)C3CC34CCC4)cc2)CC1. The molecule has 1 spiro atoms. The summed E-state index contributed by atoms with van der Waals surface area (Å²) in [6.45, 7) is 2.20. The van der Waals surface area contributed by atoms with Crippen molar-refractivity contribution in [1.29, 1.82) is 0 Å². The number of benzene rings is 1. The lowest BCUT2D eigenvalue weighted by atomic mass is 9.79. The third-order valence-corrected chi connectivity index (χ3v) is 5.95. The normalized spacial score (nSPS) is 26.6. The van der Waals surface area contributed by atoms with Crippen molar-refractivity contribution in [2.45, 2.75) is 44.6 Å². The van der Waals surface area contributed by atoms with Gasteiger partial charge in [0.25, 0.3) is 0 Å². The monoisotopic (exact) mass is 314 g/mol. The minimum atomic E-state index is 0.202. The summed E-state index contributed by atoms with van der Waals surface area (Å²) in [5.41, 5.74) is 1.27. The molecule has 1 N–H and O–H groups in total. The molecule has 3 fully saturated rings. The number of carbonyl (C=O) groups is 1. The maximum atomic E-state index is 12.3. The Balaban J connectivity index is 1.29. The van der Waals surface area contributed by atoms with Crippen LogP contribution in [0, 0.1) is 11.3 Å². The molecule has 4 nitrogen and oxygen atoms in total. The van der Waals surface area contributed by atoms with Gasteiger partial charge in [0.2, 0.25) is 5.91 Å². The number of hydrogen-bond acceptors (Lipinski definition) is 3. The van der Waals surface area contributed by atoms with Gasteiger partial charge < -0.3 is 15.0 Å². The van der Waals surface area contributed by atoms with Crippen molar-refractivity contribution in [2.24, 2.45) is 11.3 Å². The fourth-order valence-electron chi connectivity index (χ4n) is 4.04. The second kappa shape index (κ2) is 5.82. The number of hydrogen-bond donors (Lipinski definition) is 1. The van der Waals surface area contributed by atoms with E-state index in [-0.39, 0.29) is 11.8 Å². The number of anilines is 1. The average molecular weight is 314 g/mol. The van der Waals surface area contributed by atoms with Gasteiger partial charge in [-0.15, -0.1) is 0 Å². The summed E-state index contributed by atoms with van der Waals surface area (Å²) in [6.07, 6.45) is 7.36. The van der Waals surface area contributed by atoms with Crippen LogP contribution in [-0.4, -0.2) is 37.0 Å². The second-order valence-corrected chi connectivity index (χ2v) is 7.61. The molecule has 23 heavy (non-hydrogen) atoms. The van der Waals surface area contributed by atoms with Crippen LogP contribution in [0.15, 0.2) is 24.3 Å². The summed E-state index contributed by atoms with van der Waals surface area (Å²) in [5, 5.41) is 3.06. The molecule has 1 atom stereocenters. The Bertz CT molecular complexity index is 572. The quantitative estimate of drug-likeness (QED) is 0.927. The number of amides is 1. The third kappa shape index (κ3) is 3.09. The van der Waals surface area contributed by atoms with E-state index in [0.717, 1.165) is 43.8 Å². The minimum absolute atomic E-state index is 0.202. The Labute approximate surface area is 138 Å². The van der Waals surface area contributed by atoms with Crippen molar-refractivity contribution in [3.05, 3.63) is 24.3 Å². The second-order valence-electron chi connectivity index (χ2n) is 7.61. The summed E-state index contributed by atoms with van der Waals surface area (Å²) in [5.74, 6) is 1.36. The number of rotatable bonds is 4. The van der Waals surface area contributed by atoms with Crippen LogP contribution in [0.5, 0.6) is 5.75 Å². The fraction of sp³-hybridized carbons (Fsp3) is 0.632. The van der Waals surface area contributed by atoms with E-state index in [0.29, 0.717) is 11.5 Å². The van der Waals surface area contributed by atoms with Crippen LogP contribution in [0.1, 0.15) is 38.5 Å². The summed E-state index contributed by atoms with van der Waals surface area (Å²) < 4.78 is 6.04. The van der Waals surface area contributed by atoms with Gasteiger partial charge in [-0.05, 0) is 68.8 Å². The van der Waals surface area contributed by atoms with Gasteiger partial charge in [-0.3, -0.25) is 4.79 Å². The zero-order chi connectivity index (χ0) is 15.9. The van der Waals surface area contributed by atoms with Crippen molar-refractivity contribution < 1.29 is 9.53 Å². The van der Waals surface area contributed by atoms with Crippen LogP contribution < -0.4 is 10.1 Å². The van der Waals surface area contributed by atoms with E-state index in [1.807, 2.05) is 24.3 Å². The number of nitrogens with one attached hydrogen (secondary N) is 1. The maximum Gasteiger partial charge on any atom is 0.228 e. The molecule has 4 heteroatoms. The number of piperidine rings is 1. The molecule has 0 aromatic heterocycles. The Morgan fingerprint density at radius 3 is 2.48 bits per heavy atom. The first-order valence-corrected chi connectivity index (χ1v) is 8.91. The van der Waals surface area contributed by atoms with Crippen LogP contribution in [0.25, 0.3) is 0 Å². The number of carbonyl (C=O) groups excluding carboxylic acids is 1. The van der Waals surface area contributed by atoms with E-state index in [2.05, 4.69) is 17.3 Å². The van der Waals surface area contributed by atoms with Gasteiger partial charge in [0.15, 0.2) is 0 Å². The molecule has 0 bridgehead atoms. The summed E-state index contributed by atoms with van der Waals surface area (Å²) in [4.78, 5) is 14.6. The number of likely N-dealkylation sites (tertiary alicyclic amines) is 1. The summed E-state index contributed by atoms with van der Waals surface area (Å²) in [6, 6.07) is 7.86. The molecule has 0 radical (unpaired) electrons. The van der Waals surface area contributed by atoms with Gasteiger partial charge in [0.05, 0.1) is 0 Å². The Hall–Kier alpha value is -1.55. The molecule has 1 amide bonds. The lowest BCUT2D eigenvalue weighted by Gasteiger charge is -2.29. The van der Waals surface area contributed by atoms with Crippen molar-refractivity contribution in [3.8, 4) is 5.75 Å². The summed E-state index contributed by atoms with van der Waals surface area (Å²) in [7, 11) is 2.15. The van der Waals surface area contributed by atoms with Crippen LogP contribution >= 0.6 is 0 Å². The molecular formula is C19H26N2O2. The lowest BCUT2D eigenvalue weighted by molar-refractivity contribution is -0.118. The van der Waals surface area contributed by atoms with Crippen LogP contribution in [0.3, 0.4) is 0 Å². The van der Waals surface area contributed by atoms with Crippen molar-refractivity contribution >= 4 is 11.6 Å². The van der Waals surface area contributed by atoms with Crippen LogP contribution in [0.4, 0.5) is 5.69 Å². The molecular weight excluding hydrogens is 288 g/mol. The van der Waals surface area contributed by atoms with E-state index in [9.17, 15) is 4.79 Å². The first kappa shape index (κ1) is 15.0. The molecule has 3 aliphatic rings. The zero-order valence-corrected chi connectivity index (χ0v) is 13.9. The molecule has 4 rings (SSSR count). The topological polar surface area (TPSA) is 41.6 Å². The standard InChI is InChI=1S/C19H26N2O2/c1-21-11-7-16(8-12-21)23-15-5-3-14(4-6-15)20-18(22)17-13-19(17)9-2-10-19/h3-6,16-17H,2,7-13H2,1H3,(H,20,22). The molecule has 1 unspecified atom stereocenters.